The molecule has 2 aromatic carbocycles. The predicted octanol–water partition coefficient (Wildman–Crippen LogP) is 3.81. The highest BCUT2D eigenvalue weighted by Crippen LogP contribution is 2.31. The van der Waals surface area contributed by atoms with Crippen molar-refractivity contribution in [3.63, 3.8) is 0 Å². The van der Waals surface area contributed by atoms with Gasteiger partial charge in [0.2, 0.25) is 0 Å². The summed E-state index contributed by atoms with van der Waals surface area (Å²) in [4.78, 5) is 4.15. The van der Waals surface area contributed by atoms with Crippen molar-refractivity contribution in [2.45, 2.75) is 6.54 Å². The minimum atomic E-state index is 0.136. The molecule has 0 saturated carbocycles. The first kappa shape index (κ1) is 13.2. The summed E-state index contributed by atoms with van der Waals surface area (Å²) < 4.78 is 0. The number of phenols is 1. The summed E-state index contributed by atoms with van der Waals surface area (Å²) in [6, 6.07) is 14.5. The Labute approximate surface area is 121 Å². The summed E-state index contributed by atoms with van der Waals surface area (Å²) >= 11 is 0. The Kier molecular flexibility index (Phi) is 3.57. The maximum atomic E-state index is 9.79. The van der Waals surface area contributed by atoms with Crippen LogP contribution in [0.2, 0.25) is 0 Å². The lowest BCUT2D eigenvalue weighted by Crippen LogP contribution is -1.94. The van der Waals surface area contributed by atoms with Crippen LogP contribution in [-0.2, 0) is 6.54 Å². The van der Waals surface area contributed by atoms with Crippen molar-refractivity contribution in [3.05, 3.63) is 60.3 Å². The zero-order chi connectivity index (χ0) is 14.7. The molecule has 0 aliphatic heterocycles. The van der Waals surface area contributed by atoms with Crippen LogP contribution in [0.15, 0.2) is 65.0 Å². The number of phenolic OH excluding ortho intramolecular Hbond substituents is 1. The molecule has 3 aromatic rings. The lowest BCUT2D eigenvalue weighted by atomic mass is 10.2. The minimum absolute atomic E-state index is 0.136. The van der Waals surface area contributed by atoms with Gasteiger partial charge in [0, 0.05) is 18.1 Å². The number of nitrogens with two attached hydrogens (primary N) is 1. The van der Waals surface area contributed by atoms with Gasteiger partial charge < -0.3 is 10.8 Å². The molecule has 0 radical (unpaired) electrons. The SMILES string of the molecule is NCc1ccc(N=Nc2ccc(O)c3ncccc23)cc1. The van der Waals surface area contributed by atoms with E-state index in [0.717, 1.165) is 16.6 Å². The van der Waals surface area contributed by atoms with Gasteiger partial charge in [0.15, 0.2) is 0 Å². The van der Waals surface area contributed by atoms with Crippen molar-refractivity contribution in [2.24, 2.45) is 16.0 Å². The van der Waals surface area contributed by atoms with Crippen LogP contribution >= 0.6 is 0 Å². The number of hydrogen-bond acceptors (Lipinski definition) is 5. The highest BCUT2D eigenvalue weighted by atomic mass is 16.3. The van der Waals surface area contributed by atoms with Crippen LogP contribution in [0.1, 0.15) is 5.56 Å². The number of hydrogen-bond donors (Lipinski definition) is 2. The van der Waals surface area contributed by atoms with E-state index in [2.05, 4.69) is 15.2 Å². The van der Waals surface area contributed by atoms with Crippen LogP contribution in [0.4, 0.5) is 11.4 Å². The average molecular weight is 278 g/mol. The van der Waals surface area contributed by atoms with Crippen LogP contribution in [0, 0.1) is 0 Å². The number of rotatable bonds is 3. The van der Waals surface area contributed by atoms with Crippen LogP contribution in [0.5, 0.6) is 5.75 Å². The van der Waals surface area contributed by atoms with Gasteiger partial charge in [-0.15, -0.1) is 5.11 Å². The number of aromatic nitrogens is 1. The molecule has 1 aromatic heterocycles. The van der Waals surface area contributed by atoms with Gasteiger partial charge in [0.1, 0.15) is 11.3 Å². The molecule has 104 valence electrons. The lowest BCUT2D eigenvalue weighted by molar-refractivity contribution is 0.480. The molecule has 3 rings (SSSR count). The van der Waals surface area contributed by atoms with E-state index in [-0.39, 0.29) is 5.75 Å². The fourth-order valence-corrected chi connectivity index (χ4v) is 2.04. The minimum Gasteiger partial charge on any atom is -0.506 e. The third-order valence-corrected chi connectivity index (χ3v) is 3.17. The highest BCUT2D eigenvalue weighted by molar-refractivity contribution is 5.93. The van der Waals surface area contributed by atoms with Gasteiger partial charge in [-0.05, 0) is 42.0 Å². The topological polar surface area (TPSA) is 83.9 Å². The number of azo groups is 1. The van der Waals surface area contributed by atoms with E-state index in [9.17, 15) is 5.11 Å². The predicted molar refractivity (Wildman–Crippen MR) is 81.9 cm³/mol. The maximum Gasteiger partial charge on any atom is 0.141 e. The summed E-state index contributed by atoms with van der Waals surface area (Å²) in [7, 11) is 0. The lowest BCUT2D eigenvalue weighted by Gasteiger charge is -2.02. The Bertz CT molecular complexity index is 797. The van der Waals surface area contributed by atoms with E-state index in [4.69, 9.17) is 5.73 Å². The molecule has 21 heavy (non-hydrogen) atoms. The third kappa shape index (κ3) is 2.73. The molecule has 0 aliphatic rings. The summed E-state index contributed by atoms with van der Waals surface area (Å²) in [5.74, 6) is 0.136. The molecule has 0 amide bonds. The molecule has 0 atom stereocenters. The molecule has 5 heteroatoms. The third-order valence-electron chi connectivity index (χ3n) is 3.17. The van der Waals surface area contributed by atoms with Crippen molar-refractivity contribution < 1.29 is 5.11 Å². The number of benzene rings is 2. The van der Waals surface area contributed by atoms with E-state index >= 15 is 0 Å². The van der Waals surface area contributed by atoms with Gasteiger partial charge in [0.05, 0.1) is 11.4 Å². The Balaban J connectivity index is 1.97. The van der Waals surface area contributed by atoms with E-state index in [0.29, 0.717) is 17.7 Å². The Hall–Kier alpha value is -2.79. The van der Waals surface area contributed by atoms with Gasteiger partial charge in [0.25, 0.3) is 0 Å². The van der Waals surface area contributed by atoms with Crippen LogP contribution in [0.25, 0.3) is 10.9 Å². The second-order valence-electron chi connectivity index (χ2n) is 4.57. The van der Waals surface area contributed by atoms with E-state index in [1.807, 2.05) is 30.3 Å². The molecule has 1 heterocycles. The van der Waals surface area contributed by atoms with Gasteiger partial charge in [-0.25, -0.2) is 0 Å². The summed E-state index contributed by atoms with van der Waals surface area (Å²) in [5, 5.41) is 19.0. The molecular weight excluding hydrogens is 264 g/mol. The van der Waals surface area contributed by atoms with Crippen LogP contribution in [-0.4, -0.2) is 10.1 Å². The smallest absolute Gasteiger partial charge is 0.141 e. The van der Waals surface area contributed by atoms with E-state index in [1.165, 1.54) is 0 Å². The first-order chi connectivity index (χ1) is 10.3. The van der Waals surface area contributed by atoms with Gasteiger partial charge in [-0.2, -0.15) is 5.11 Å². The largest absolute Gasteiger partial charge is 0.506 e. The first-order valence-corrected chi connectivity index (χ1v) is 6.55. The molecule has 5 nitrogen and oxygen atoms in total. The molecule has 0 spiro atoms. The summed E-state index contributed by atoms with van der Waals surface area (Å²) in [6.45, 7) is 0.506. The van der Waals surface area contributed by atoms with E-state index in [1.54, 1.807) is 24.4 Å². The first-order valence-electron chi connectivity index (χ1n) is 6.55. The van der Waals surface area contributed by atoms with Crippen LogP contribution < -0.4 is 5.73 Å². The molecule has 0 saturated heterocycles. The Morgan fingerprint density at radius 1 is 1.00 bits per heavy atom. The normalized spacial score (nSPS) is 11.3. The zero-order valence-corrected chi connectivity index (χ0v) is 11.3. The molecule has 0 bridgehead atoms. The zero-order valence-electron chi connectivity index (χ0n) is 11.3. The second kappa shape index (κ2) is 5.68. The molecule has 0 fully saturated rings. The fourth-order valence-electron chi connectivity index (χ4n) is 2.04. The standard InChI is InChI=1S/C16H14N4O/c17-10-11-3-5-12(6-4-11)19-20-14-7-8-15(21)16-13(14)2-1-9-18-16/h1-9,21H,10,17H2. The van der Waals surface area contributed by atoms with Crippen LogP contribution in [0.3, 0.4) is 0 Å². The van der Waals surface area contributed by atoms with Gasteiger partial charge >= 0.3 is 0 Å². The van der Waals surface area contributed by atoms with Crippen molar-refractivity contribution in [2.75, 3.05) is 0 Å². The molecule has 0 aliphatic carbocycles. The molecule has 3 N–H and O–H groups in total. The number of nitrogens with zero attached hydrogens (tertiary/aromatic N) is 3. The Morgan fingerprint density at radius 2 is 1.81 bits per heavy atom. The monoisotopic (exact) mass is 278 g/mol. The highest BCUT2D eigenvalue weighted by Gasteiger charge is 2.05. The van der Waals surface area contributed by atoms with Crippen molar-refractivity contribution in [1.29, 1.82) is 0 Å². The Morgan fingerprint density at radius 3 is 2.57 bits per heavy atom. The van der Waals surface area contributed by atoms with Crippen molar-refractivity contribution >= 4 is 22.3 Å². The fraction of sp³-hybridized carbons (Fsp3) is 0.0625. The van der Waals surface area contributed by atoms with E-state index < -0.39 is 0 Å². The van der Waals surface area contributed by atoms with Gasteiger partial charge in [-0.1, -0.05) is 12.1 Å². The summed E-state index contributed by atoms with van der Waals surface area (Å²) in [6.07, 6.45) is 1.63. The molecule has 0 unspecified atom stereocenters. The van der Waals surface area contributed by atoms with Crippen molar-refractivity contribution in [1.82, 2.24) is 4.98 Å². The number of aromatic hydroxyl groups is 1. The number of pyridine rings is 1. The average Bonchev–Trinajstić information content (AvgIpc) is 2.55. The quantitative estimate of drug-likeness (QED) is 0.714. The maximum absolute atomic E-state index is 9.79. The van der Waals surface area contributed by atoms with Gasteiger partial charge in [-0.3, -0.25) is 4.98 Å². The second-order valence-corrected chi connectivity index (χ2v) is 4.57. The number of fused-ring (bicyclic) bond motifs is 1. The summed E-state index contributed by atoms with van der Waals surface area (Å²) in [5.41, 5.74) is 8.54. The molecular formula is C16H14N4O. The van der Waals surface area contributed by atoms with Crippen molar-refractivity contribution in [3.8, 4) is 5.75 Å².